The molecule has 0 spiro atoms. The molecule has 1 unspecified atom stereocenters. The summed E-state index contributed by atoms with van der Waals surface area (Å²) in [5.41, 5.74) is 4.18. The Morgan fingerprint density at radius 1 is 1.12 bits per heavy atom. The largest absolute Gasteiger partial charge is 0.480 e. The lowest BCUT2D eigenvalue weighted by molar-refractivity contribution is -0.147. The molecule has 208 valence electrons. The first-order valence-electron chi connectivity index (χ1n) is 13.5. The second-order valence-electron chi connectivity index (χ2n) is 10.0. The second kappa shape index (κ2) is 11.8. The van der Waals surface area contributed by atoms with Crippen LogP contribution in [0, 0.1) is 6.92 Å². The molecule has 1 aliphatic rings. The maximum atomic E-state index is 12.8. The zero-order valence-electron chi connectivity index (χ0n) is 23.2. The van der Waals surface area contributed by atoms with Crippen LogP contribution in [0.25, 0.3) is 22.2 Å². The number of anilines is 2. The molecule has 0 radical (unpaired) electrons. The van der Waals surface area contributed by atoms with Crippen molar-refractivity contribution in [1.29, 1.82) is 0 Å². The number of nitrogens with zero attached hydrogens (tertiary/aromatic N) is 4. The number of pyridine rings is 2. The van der Waals surface area contributed by atoms with Crippen LogP contribution in [0.5, 0.6) is 5.88 Å². The first kappa shape index (κ1) is 27.3. The molecular formula is C30H34N6O4. The second-order valence-corrected chi connectivity index (χ2v) is 10.0. The summed E-state index contributed by atoms with van der Waals surface area (Å²) in [6.45, 7) is 5.85. The van der Waals surface area contributed by atoms with Crippen molar-refractivity contribution in [2.24, 2.45) is 0 Å². The molecule has 0 bridgehead atoms. The number of H-pyrrole nitrogens is 1. The Morgan fingerprint density at radius 2 is 1.93 bits per heavy atom. The highest BCUT2D eigenvalue weighted by molar-refractivity contribution is 5.94. The van der Waals surface area contributed by atoms with Crippen LogP contribution in [0.4, 0.5) is 11.5 Å². The summed E-state index contributed by atoms with van der Waals surface area (Å²) in [5.74, 6) is 1.08. The lowest BCUT2D eigenvalue weighted by atomic mass is 9.86. The molecule has 1 atom stereocenters. The third kappa shape index (κ3) is 5.53. The van der Waals surface area contributed by atoms with E-state index in [-0.39, 0.29) is 17.6 Å². The van der Waals surface area contributed by atoms with E-state index < -0.39 is 0 Å². The normalized spacial score (nSPS) is 15.1. The van der Waals surface area contributed by atoms with E-state index in [9.17, 15) is 9.59 Å². The van der Waals surface area contributed by atoms with Crippen LogP contribution in [-0.2, 0) is 9.53 Å². The van der Waals surface area contributed by atoms with Gasteiger partial charge in [-0.15, -0.1) is 0 Å². The predicted molar refractivity (Wildman–Crippen MR) is 154 cm³/mol. The van der Waals surface area contributed by atoms with Gasteiger partial charge in [0.25, 0.3) is 5.56 Å². The quantitative estimate of drug-likeness (QED) is 0.308. The van der Waals surface area contributed by atoms with Crippen molar-refractivity contribution < 1.29 is 14.3 Å². The molecule has 5 rings (SSSR count). The fraction of sp³-hybridized carbons (Fsp3) is 0.367. The predicted octanol–water partition coefficient (Wildman–Crippen LogP) is 4.57. The highest BCUT2D eigenvalue weighted by Gasteiger charge is 2.30. The van der Waals surface area contributed by atoms with Crippen molar-refractivity contribution in [3.63, 3.8) is 0 Å². The lowest BCUT2D eigenvalue weighted by Crippen LogP contribution is -2.45. The van der Waals surface area contributed by atoms with E-state index in [1.165, 1.54) is 26.0 Å². The van der Waals surface area contributed by atoms with E-state index in [1.54, 1.807) is 12.4 Å². The monoisotopic (exact) mass is 542 g/mol. The van der Waals surface area contributed by atoms with Crippen molar-refractivity contribution in [3.8, 4) is 17.3 Å². The van der Waals surface area contributed by atoms with E-state index in [2.05, 4.69) is 44.2 Å². The molecule has 10 nitrogen and oxygen atoms in total. The molecule has 4 heterocycles. The van der Waals surface area contributed by atoms with Crippen LogP contribution < -0.4 is 15.6 Å². The summed E-state index contributed by atoms with van der Waals surface area (Å²) >= 11 is 0. The van der Waals surface area contributed by atoms with Gasteiger partial charge in [0.2, 0.25) is 5.88 Å². The SMILES string of the molecule is CCC(C(=O)OC)N1CCC(c2ccc(Nc3nc(-c4cncc(OC)n4)cc4cc[nH]c(=O)c34)cc2C)CC1. The Balaban J connectivity index is 1.40. The molecule has 0 saturated carbocycles. The minimum absolute atomic E-state index is 0.157. The molecule has 0 amide bonds. The third-order valence-corrected chi connectivity index (χ3v) is 7.64. The number of carbonyl (C=O) groups is 1. The van der Waals surface area contributed by atoms with Gasteiger partial charge in [-0.1, -0.05) is 13.0 Å². The number of hydrogen-bond donors (Lipinski definition) is 2. The van der Waals surface area contributed by atoms with Crippen LogP contribution >= 0.6 is 0 Å². The van der Waals surface area contributed by atoms with Gasteiger partial charge >= 0.3 is 5.97 Å². The van der Waals surface area contributed by atoms with Crippen LogP contribution in [0.15, 0.2) is 53.7 Å². The van der Waals surface area contributed by atoms with Crippen molar-refractivity contribution in [2.45, 2.75) is 45.1 Å². The van der Waals surface area contributed by atoms with Gasteiger partial charge in [-0.05, 0) is 86.0 Å². The Bertz CT molecular complexity index is 1580. The van der Waals surface area contributed by atoms with Crippen LogP contribution in [-0.4, -0.2) is 64.2 Å². The van der Waals surface area contributed by atoms with Crippen LogP contribution in [0.2, 0.25) is 0 Å². The number of nitrogens with one attached hydrogen (secondary N) is 2. The molecule has 40 heavy (non-hydrogen) atoms. The van der Waals surface area contributed by atoms with E-state index in [4.69, 9.17) is 14.5 Å². The van der Waals surface area contributed by atoms with Gasteiger partial charge in [0.05, 0.1) is 37.7 Å². The number of carbonyl (C=O) groups excluding carboxylic acids is 1. The van der Waals surface area contributed by atoms with Crippen molar-refractivity contribution >= 4 is 28.2 Å². The van der Waals surface area contributed by atoms with E-state index in [0.717, 1.165) is 49.0 Å². The van der Waals surface area contributed by atoms with Gasteiger partial charge in [-0.2, -0.15) is 0 Å². The number of ether oxygens (including phenoxy) is 2. The number of piperidine rings is 1. The molecule has 1 saturated heterocycles. The molecule has 4 aromatic rings. The number of methoxy groups -OCH3 is 2. The van der Waals surface area contributed by atoms with Crippen LogP contribution in [0.1, 0.15) is 43.2 Å². The van der Waals surface area contributed by atoms with Crippen molar-refractivity contribution in [2.75, 3.05) is 32.6 Å². The highest BCUT2D eigenvalue weighted by Crippen LogP contribution is 2.34. The maximum absolute atomic E-state index is 12.8. The van der Waals surface area contributed by atoms with Gasteiger partial charge in [-0.25, -0.2) is 9.97 Å². The zero-order valence-corrected chi connectivity index (χ0v) is 23.2. The number of fused-ring (bicyclic) bond motifs is 1. The Hall–Kier alpha value is -4.31. The van der Waals surface area contributed by atoms with Gasteiger partial charge in [0, 0.05) is 11.9 Å². The summed E-state index contributed by atoms with van der Waals surface area (Å²) in [5, 5.41) is 4.58. The molecule has 1 aromatic carbocycles. The first-order chi connectivity index (χ1) is 19.4. The Kier molecular flexibility index (Phi) is 8.06. The summed E-state index contributed by atoms with van der Waals surface area (Å²) in [6, 6.07) is 9.75. The topological polar surface area (TPSA) is 122 Å². The van der Waals surface area contributed by atoms with E-state index >= 15 is 0 Å². The molecule has 1 fully saturated rings. The number of benzene rings is 1. The minimum atomic E-state index is -0.229. The number of aromatic nitrogens is 4. The van der Waals surface area contributed by atoms with Crippen LogP contribution in [0.3, 0.4) is 0 Å². The molecule has 10 heteroatoms. The van der Waals surface area contributed by atoms with E-state index in [0.29, 0.717) is 34.4 Å². The van der Waals surface area contributed by atoms with Gasteiger partial charge in [-0.3, -0.25) is 19.5 Å². The average Bonchev–Trinajstić information content (AvgIpc) is 2.98. The molecule has 2 N–H and O–H groups in total. The number of likely N-dealkylation sites (tertiary alicyclic amines) is 1. The summed E-state index contributed by atoms with van der Waals surface area (Å²) in [6.07, 6.45) is 7.47. The van der Waals surface area contributed by atoms with E-state index in [1.807, 2.05) is 25.1 Å². The number of aromatic amines is 1. The molecule has 1 aliphatic heterocycles. The maximum Gasteiger partial charge on any atom is 0.323 e. The fourth-order valence-electron chi connectivity index (χ4n) is 5.59. The molecular weight excluding hydrogens is 508 g/mol. The van der Waals surface area contributed by atoms with Gasteiger partial charge < -0.3 is 19.8 Å². The number of rotatable bonds is 8. The minimum Gasteiger partial charge on any atom is -0.480 e. The number of hydrogen-bond acceptors (Lipinski definition) is 9. The van der Waals surface area contributed by atoms with Crippen molar-refractivity contribution in [3.05, 3.63) is 70.4 Å². The smallest absolute Gasteiger partial charge is 0.323 e. The summed E-state index contributed by atoms with van der Waals surface area (Å²) < 4.78 is 10.2. The summed E-state index contributed by atoms with van der Waals surface area (Å²) in [7, 11) is 2.99. The van der Waals surface area contributed by atoms with Gasteiger partial charge in [0.1, 0.15) is 17.6 Å². The summed E-state index contributed by atoms with van der Waals surface area (Å²) in [4.78, 5) is 43.4. The molecule has 3 aromatic heterocycles. The highest BCUT2D eigenvalue weighted by atomic mass is 16.5. The molecule has 0 aliphatic carbocycles. The van der Waals surface area contributed by atoms with Crippen molar-refractivity contribution in [1.82, 2.24) is 24.8 Å². The number of aryl methyl sites for hydroxylation is 1. The lowest BCUT2D eigenvalue weighted by Gasteiger charge is -2.36. The third-order valence-electron chi connectivity index (χ3n) is 7.64. The standard InChI is InChI=1S/C30H34N6O4/c1-5-25(30(38)40-4)36-12-9-19(10-13-36)22-7-6-21(14-18(22)2)33-28-27-20(8-11-32-29(27)37)15-23(35-28)24-16-31-17-26(34-24)39-3/h6-8,11,14-17,19,25H,5,9-10,12-13H2,1-4H3,(H,32,37)(H,33,35). The van der Waals surface area contributed by atoms with Gasteiger partial charge in [0.15, 0.2) is 0 Å². The number of esters is 1. The Morgan fingerprint density at radius 3 is 2.62 bits per heavy atom. The average molecular weight is 543 g/mol. The zero-order chi connectivity index (χ0) is 28.2. The first-order valence-corrected chi connectivity index (χ1v) is 13.5. The Labute approximate surface area is 232 Å². The fourth-order valence-corrected chi connectivity index (χ4v) is 5.59.